The van der Waals surface area contributed by atoms with Crippen molar-refractivity contribution >= 4 is 45.2 Å². The molecule has 0 unspecified atom stereocenters. The first kappa shape index (κ1) is 18.4. The minimum absolute atomic E-state index is 0.434. The number of aryl methyl sites for hydroxylation is 1. The van der Waals surface area contributed by atoms with Gasteiger partial charge in [-0.25, -0.2) is 0 Å². The molecule has 0 amide bonds. The zero-order valence-corrected chi connectivity index (χ0v) is 16.1. The maximum absolute atomic E-state index is 5.69. The van der Waals surface area contributed by atoms with Gasteiger partial charge in [-0.2, -0.15) is 5.10 Å². The van der Waals surface area contributed by atoms with E-state index >= 15 is 0 Å². The molecule has 0 aliphatic heterocycles. The summed E-state index contributed by atoms with van der Waals surface area (Å²) in [6.07, 6.45) is 2.66. The van der Waals surface area contributed by atoms with Gasteiger partial charge in [0, 0.05) is 15.7 Å². The molecule has 0 aromatic heterocycles. The van der Waals surface area contributed by atoms with Gasteiger partial charge in [0.1, 0.15) is 5.75 Å². The van der Waals surface area contributed by atoms with Crippen LogP contribution >= 0.6 is 28.1 Å². The van der Waals surface area contributed by atoms with E-state index in [1.54, 1.807) is 6.21 Å². The fourth-order valence-electron chi connectivity index (χ4n) is 2.01. The molecule has 0 saturated heterocycles. The normalized spacial score (nSPS) is 10.6. The Kier molecular flexibility index (Phi) is 7.21. The molecule has 0 heterocycles. The summed E-state index contributed by atoms with van der Waals surface area (Å²) in [5.74, 6) is 0.813. The van der Waals surface area contributed by atoms with Gasteiger partial charge in [0.25, 0.3) is 0 Å². The Morgan fingerprint density at radius 3 is 2.83 bits per heavy atom. The Bertz CT molecular complexity index is 734. The largest absolute Gasteiger partial charge is 0.493 e. The number of benzene rings is 2. The van der Waals surface area contributed by atoms with E-state index in [0.29, 0.717) is 11.7 Å². The van der Waals surface area contributed by atoms with Crippen LogP contribution < -0.4 is 15.5 Å². The summed E-state index contributed by atoms with van der Waals surface area (Å²) in [4.78, 5) is 0. The topological polar surface area (TPSA) is 45.6 Å². The molecule has 0 aliphatic rings. The Labute approximate surface area is 156 Å². The molecule has 126 valence electrons. The number of hydrogen-bond acceptors (Lipinski definition) is 3. The molecule has 0 saturated carbocycles. The summed E-state index contributed by atoms with van der Waals surface area (Å²) in [6, 6.07) is 13.7. The first-order valence-corrected chi connectivity index (χ1v) is 8.88. The predicted molar refractivity (Wildman–Crippen MR) is 108 cm³/mol. The van der Waals surface area contributed by atoms with Crippen LogP contribution in [0.2, 0.25) is 0 Å². The third kappa shape index (κ3) is 5.62. The quantitative estimate of drug-likeness (QED) is 0.408. The fraction of sp³-hybridized carbons (Fsp3) is 0.222. The van der Waals surface area contributed by atoms with Crippen molar-refractivity contribution in [2.24, 2.45) is 5.10 Å². The maximum atomic E-state index is 5.69. The molecule has 0 fully saturated rings. The fourth-order valence-corrected chi connectivity index (χ4v) is 2.65. The minimum atomic E-state index is 0.434. The monoisotopic (exact) mass is 405 g/mol. The van der Waals surface area contributed by atoms with Gasteiger partial charge in [-0.1, -0.05) is 35.0 Å². The number of anilines is 1. The molecule has 2 aromatic carbocycles. The molecule has 0 spiro atoms. The van der Waals surface area contributed by atoms with Gasteiger partial charge in [-0.05, 0) is 61.5 Å². The average molecular weight is 406 g/mol. The molecular formula is C18H20BrN3OS. The smallest absolute Gasteiger partial charge is 0.191 e. The van der Waals surface area contributed by atoms with E-state index in [9.17, 15) is 0 Å². The first-order chi connectivity index (χ1) is 11.6. The zero-order valence-electron chi connectivity index (χ0n) is 13.7. The first-order valence-electron chi connectivity index (χ1n) is 7.68. The van der Waals surface area contributed by atoms with Crippen molar-refractivity contribution in [1.29, 1.82) is 0 Å². The highest BCUT2D eigenvalue weighted by molar-refractivity contribution is 9.10. The molecule has 2 rings (SSSR count). The van der Waals surface area contributed by atoms with Crippen LogP contribution in [0.15, 0.2) is 52.0 Å². The lowest BCUT2D eigenvalue weighted by Gasteiger charge is -2.10. The highest BCUT2D eigenvalue weighted by Gasteiger charge is 2.02. The van der Waals surface area contributed by atoms with Gasteiger partial charge < -0.3 is 10.1 Å². The van der Waals surface area contributed by atoms with Gasteiger partial charge in [-0.3, -0.25) is 5.43 Å². The molecule has 2 aromatic rings. The highest BCUT2D eigenvalue weighted by atomic mass is 79.9. The molecule has 0 atom stereocenters. The number of hydrogen-bond donors (Lipinski definition) is 2. The second kappa shape index (κ2) is 9.39. The summed E-state index contributed by atoms with van der Waals surface area (Å²) in [5, 5.41) is 7.75. The minimum Gasteiger partial charge on any atom is -0.493 e. The number of rotatable bonds is 6. The number of thiocarbonyl (C=S) groups is 1. The van der Waals surface area contributed by atoms with E-state index in [-0.39, 0.29) is 0 Å². The number of halogens is 1. The average Bonchev–Trinajstić information content (AvgIpc) is 2.56. The van der Waals surface area contributed by atoms with Gasteiger partial charge in [0.2, 0.25) is 0 Å². The van der Waals surface area contributed by atoms with Crippen molar-refractivity contribution in [3.8, 4) is 5.75 Å². The van der Waals surface area contributed by atoms with Gasteiger partial charge in [0.15, 0.2) is 5.11 Å². The SMILES string of the molecule is CCCOc1ccccc1/C=N/NC(=S)Nc1ccc(Br)cc1C. The summed E-state index contributed by atoms with van der Waals surface area (Å²) in [6.45, 7) is 4.77. The lowest BCUT2D eigenvalue weighted by molar-refractivity contribution is 0.317. The molecule has 24 heavy (non-hydrogen) atoms. The van der Waals surface area contributed by atoms with Crippen molar-refractivity contribution in [2.45, 2.75) is 20.3 Å². The third-order valence-corrected chi connectivity index (χ3v) is 3.87. The number of hydrazone groups is 1. The van der Waals surface area contributed by atoms with E-state index in [1.165, 1.54) is 0 Å². The second-order valence-corrected chi connectivity index (χ2v) is 6.49. The van der Waals surface area contributed by atoms with Crippen LogP contribution in [-0.4, -0.2) is 17.9 Å². The molecule has 4 nitrogen and oxygen atoms in total. The van der Waals surface area contributed by atoms with Gasteiger partial charge in [0.05, 0.1) is 12.8 Å². The number of ether oxygens (including phenoxy) is 1. The summed E-state index contributed by atoms with van der Waals surface area (Å²) >= 11 is 8.71. The number of nitrogens with one attached hydrogen (secondary N) is 2. The summed E-state index contributed by atoms with van der Waals surface area (Å²) in [5.41, 5.74) is 5.77. The predicted octanol–water partition coefficient (Wildman–Crippen LogP) is 4.87. The standard InChI is InChI=1S/C18H20BrN3OS/c1-3-10-23-17-7-5-4-6-14(17)12-20-22-18(24)21-16-9-8-15(19)11-13(16)2/h4-9,11-12H,3,10H2,1-2H3,(H2,21,22,24)/b20-12+. The van der Waals surface area contributed by atoms with E-state index in [2.05, 4.69) is 38.7 Å². The van der Waals surface area contributed by atoms with Crippen LogP contribution in [0.5, 0.6) is 5.75 Å². The van der Waals surface area contributed by atoms with E-state index in [1.807, 2.05) is 49.4 Å². The number of para-hydroxylation sites is 1. The van der Waals surface area contributed by atoms with Crippen LogP contribution in [0.1, 0.15) is 24.5 Å². The van der Waals surface area contributed by atoms with E-state index in [0.717, 1.165) is 33.5 Å². The summed E-state index contributed by atoms with van der Waals surface area (Å²) < 4.78 is 6.73. The van der Waals surface area contributed by atoms with Gasteiger partial charge >= 0.3 is 0 Å². The van der Waals surface area contributed by atoms with Crippen LogP contribution in [0.4, 0.5) is 5.69 Å². The van der Waals surface area contributed by atoms with Crippen LogP contribution in [-0.2, 0) is 0 Å². The Balaban J connectivity index is 1.95. The van der Waals surface area contributed by atoms with Crippen molar-refractivity contribution in [3.63, 3.8) is 0 Å². The molecule has 0 aliphatic carbocycles. The molecule has 0 bridgehead atoms. The van der Waals surface area contributed by atoms with Gasteiger partial charge in [-0.15, -0.1) is 0 Å². The summed E-state index contributed by atoms with van der Waals surface area (Å²) in [7, 11) is 0. The van der Waals surface area contributed by atoms with Crippen LogP contribution in [0.25, 0.3) is 0 Å². The Morgan fingerprint density at radius 2 is 2.08 bits per heavy atom. The Morgan fingerprint density at radius 1 is 1.29 bits per heavy atom. The zero-order chi connectivity index (χ0) is 17.4. The van der Waals surface area contributed by atoms with E-state index in [4.69, 9.17) is 17.0 Å². The number of nitrogens with zero attached hydrogens (tertiary/aromatic N) is 1. The lowest BCUT2D eigenvalue weighted by atomic mass is 10.2. The molecule has 2 N–H and O–H groups in total. The Hall–Kier alpha value is -1.92. The van der Waals surface area contributed by atoms with Crippen LogP contribution in [0.3, 0.4) is 0 Å². The lowest BCUT2D eigenvalue weighted by Crippen LogP contribution is -2.24. The molecular weight excluding hydrogens is 386 g/mol. The molecule has 6 heteroatoms. The third-order valence-electron chi connectivity index (χ3n) is 3.19. The second-order valence-electron chi connectivity index (χ2n) is 5.17. The van der Waals surface area contributed by atoms with Crippen molar-refractivity contribution in [2.75, 3.05) is 11.9 Å². The maximum Gasteiger partial charge on any atom is 0.191 e. The van der Waals surface area contributed by atoms with Crippen molar-refractivity contribution in [3.05, 3.63) is 58.1 Å². The van der Waals surface area contributed by atoms with Crippen molar-refractivity contribution < 1.29 is 4.74 Å². The highest BCUT2D eigenvalue weighted by Crippen LogP contribution is 2.20. The van der Waals surface area contributed by atoms with Crippen molar-refractivity contribution in [1.82, 2.24) is 5.43 Å². The molecule has 0 radical (unpaired) electrons. The van der Waals surface area contributed by atoms with E-state index < -0.39 is 0 Å². The van der Waals surface area contributed by atoms with Crippen LogP contribution in [0, 0.1) is 6.92 Å².